The number of methoxy groups -OCH3 is 1. The van der Waals surface area contributed by atoms with E-state index in [2.05, 4.69) is 5.32 Å². The molecule has 0 radical (unpaired) electrons. The van der Waals surface area contributed by atoms with Gasteiger partial charge in [-0.05, 0) is 73.9 Å². The molecule has 0 aliphatic heterocycles. The summed E-state index contributed by atoms with van der Waals surface area (Å²) in [4.78, 5) is 29.4. The van der Waals surface area contributed by atoms with E-state index in [1.165, 1.54) is 48.4 Å². The van der Waals surface area contributed by atoms with Gasteiger partial charge in [-0.1, -0.05) is 66.2 Å². The third-order valence-corrected chi connectivity index (χ3v) is 9.15. The van der Waals surface area contributed by atoms with Gasteiger partial charge in [0.25, 0.3) is 10.0 Å². The zero-order valence-corrected chi connectivity index (χ0v) is 26.7. The Labute approximate surface area is 264 Å². The molecule has 45 heavy (non-hydrogen) atoms. The second kappa shape index (κ2) is 14.9. The summed E-state index contributed by atoms with van der Waals surface area (Å²) >= 11 is 0. The maximum atomic E-state index is 14.5. The number of nitrogens with one attached hydrogen (secondary N) is 1. The molecule has 4 rings (SSSR count). The van der Waals surface area contributed by atoms with Crippen LogP contribution < -0.4 is 14.4 Å². The molecule has 4 aromatic rings. The van der Waals surface area contributed by atoms with E-state index in [0.717, 1.165) is 21.0 Å². The van der Waals surface area contributed by atoms with Gasteiger partial charge in [-0.3, -0.25) is 13.9 Å². The second-order valence-electron chi connectivity index (χ2n) is 10.7. The van der Waals surface area contributed by atoms with Crippen LogP contribution in [0.4, 0.5) is 10.1 Å². The normalized spacial score (nSPS) is 11.8. The van der Waals surface area contributed by atoms with Crippen LogP contribution in [0.3, 0.4) is 0 Å². The van der Waals surface area contributed by atoms with Crippen molar-refractivity contribution < 1.29 is 27.1 Å². The highest BCUT2D eigenvalue weighted by Gasteiger charge is 2.35. The van der Waals surface area contributed by atoms with Gasteiger partial charge in [0.2, 0.25) is 11.8 Å². The Morgan fingerprint density at radius 2 is 1.51 bits per heavy atom. The van der Waals surface area contributed by atoms with Crippen molar-refractivity contribution in [1.82, 2.24) is 10.2 Å². The third-order valence-electron chi connectivity index (χ3n) is 7.38. The number of ether oxygens (including phenoxy) is 1. The molecule has 1 atom stereocenters. The van der Waals surface area contributed by atoms with Gasteiger partial charge in [0.1, 0.15) is 24.2 Å². The Morgan fingerprint density at radius 1 is 0.867 bits per heavy atom. The molecular weight excluding hydrogens is 593 g/mol. The first-order valence-electron chi connectivity index (χ1n) is 14.6. The first-order valence-corrected chi connectivity index (χ1v) is 16.1. The fourth-order valence-electron chi connectivity index (χ4n) is 4.98. The van der Waals surface area contributed by atoms with Gasteiger partial charge in [-0.2, -0.15) is 0 Å². The largest absolute Gasteiger partial charge is 0.495 e. The highest BCUT2D eigenvalue weighted by molar-refractivity contribution is 7.92. The first-order chi connectivity index (χ1) is 21.5. The van der Waals surface area contributed by atoms with Crippen LogP contribution in [-0.2, 0) is 32.6 Å². The average molecular weight is 632 g/mol. The van der Waals surface area contributed by atoms with Crippen molar-refractivity contribution in [3.63, 3.8) is 0 Å². The summed E-state index contributed by atoms with van der Waals surface area (Å²) in [5.74, 6) is -1.19. The predicted octanol–water partition coefficient (Wildman–Crippen LogP) is 5.42. The molecule has 236 valence electrons. The van der Waals surface area contributed by atoms with E-state index < -0.39 is 40.2 Å². The van der Waals surface area contributed by atoms with Crippen LogP contribution in [0.5, 0.6) is 5.75 Å². The third kappa shape index (κ3) is 8.27. The van der Waals surface area contributed by atoms with E-state index in [1.54, 1.807) is 37.3 Å². The summed E-state index contributed by atoms with van der Waals surface area (Å²) in [6, 6.07) is 25.3. The maximum Gasteiger partial charge on any atom is 0.264 e. The van der Waals surface area contributed by atoms with E-state index in [1.807, 2.05) is 44.2 Å². The number of carbonyl (C=O) groups excluding carboxylic acids is 2. The minimum atomic E-state index is -4.29. The number of likely N-dealkylation sites (N-methyl/N-ethyl adjacent to an activating group) is 1. The molecule has 0 spiro atoms. The Hall–Kier alpha value is -4.70. The lowest BCUT2D eigenvalue weighted by atomic mass is 10.0. The Balaban J connectivity index is 1.84. The molecule has 0 unspecified atom stereocenters. The topological polar surface area (TPSA) is 96.0 Å². The zero-order chi connectivity index (χ0) is 32.6. The van der Waals surface area contributed by atoms with E-state index in [4.69, 9.17) is 4.74 Å². The lowest BCUT2D eigenvalue weighted by molar-refractivity contribution is -0.140. The van der Waals surface area contributed by atoms with Crippen LogP contribution in [0.2, 0.25) is 0 Å². The van der Waals surface area contributed by atoms with Gasteiger partial charge in [-0.25, -0.2) is 12.8 Å². The number of anilines is 1. The van der Waals surface area contributed by atoms with Crippen LogP contribution in [0.15, 0.2) is 102 Å². The average Bonchev–Trinajstić information content (AvgIpc) is 3.03. The molecule has 0 aliphatic rings. The monoisotopic (exact) mass is 631 g/mol. The fraction of sp³-hybridized carbons (Fsp3) is 0.257. The summed E-state index contributed by atoms with van der Waals surface area (Å²) in [5, 5.41) is 2.82. The predicted molar refractivity (Wildman–Crippen MR) is 173 cm³/mol. The molecule has 8 nitrogen and oxygen atoms in total. The summed E-state index contributed by atoms with van der Waals surface area (Å²) in [7, 11) is -2.86. The first kappa shape index (κ1) is 33.2. The molecule has 10 heteroatoms. The standard InChI is InChI=1S/C35H38FN3O5S/c1-5-37-35(41)32(22-27-9-7-6-8-10-27)38(23-28-14-16-29(36)17-15-28)34(40)24-39(31-21-26(3)13-20-33(31)44-4)45(42,43)30-18-11-25(2)12-19-30/h6-21,32H,5,22-24H2,1-4H3,(H,37,41)/t32-/m1/s1. The summed E-state index contributed by atoms with van der Waals surface area (Å²) in [5.41, 5.74) is 3.21. The summed E-state index contributed by atoms with van der Waals surface area (Å²) in [6.45, 7) is 5.09. The molecule has 0 saturated carbocycles. The number of hydrogen-bond acceptors (Lipinski definition) is 5. The summed E-state index contributed by atoms with van der Waals surface area (Å²) in [6.07, 6.45) is 0.179. The number of amides is 2. The van der Waals surface area contributed by atoms with Crippen molar-refractivity contribution in [3.8, 4) is 5.75 Å². The number of benzene rings is 4. The summed E-state index contributed by atoms with van der Waals surface area (Å²) < 4.78 is 48.9. The maximum absolute atomic E-state index is 14.5. The minimum Gasteiger partial charge on any atom is -0.495 e. The lowest BCUT2D eigenvalue weighted by Gasteiger charge is -2.34. The zero-order valence-electron chi connectivity index (χ0n) is 25.9. The number of rotatable bonds is 13. The quantitative estimate of drug-likeness (QED) is 0.213. The lowest BCUT2D eigenvalue weighted by Crippen LogP contribution is -2.53. The van der Waals surface area contributed by atoms with E-state index >= 15 is 0 Å². The molecule has 0 bridgehead atoms. The number of hydrogen-bond donors (Lipinski definition) is 1. The smallest absolute Gasteiger partial charge is 0.264 e. The molecule has 0 aliphatic carbocycles. The van der Waals surface area contributed by atoms with E-state index in [-0.39, 0.29) is 29.3 Å². The van der Waals surface area contributed by atoms with Crippen LogP contribution in [0.25, 0.3) is 0 Å². The fourth-order valence-corrected chi connectivity index (χ4v) is 6.39. The van der Waals surface area contributed by atoms with Gasteiger partial charge in [0.15, 0.2) is 0 Å². The Bertz CT molecular complexity index is 1710. The van der Waals surface area contributed by atoms with Gasteiger partial charge in [0, 0.05) is 19.5 Å². The minimum absolute atomic E-state index is 0.000828. The van der Waals surface area contributed by atoms with E-state index in [0.29, 0.717) is 12.1 Å². The highest BCUT2D eigenvalue weighted by atomic mass is 32.2. The van der Waals surface area contributed by atoms with Gasteiger partial charge in [-0.15, -0.1) is 0 Å². The van der Waals surface area contributed by atoms with Crippen LogP contribution in [0.1, 0.15) is 29.2 Å². The molecule has 0 aromatic heterocycles. The van der Waals surface area contributed by atoms with E-state index in [9.17, 15) is 22.4 Å². The number of nitrogens with zero attached hydrogens (tertiary/aromatic N) is 2. The molecule has 0 heterocycles. The molecule has 1 N–H and O–H groups in total. The number of sulfonamides is 1. The van der Waals surface area contributed by atoms with Crippen LogP contribution in [0, 0.1) is 19.7 Å². The van der Waals surface area contributed by atoms with Crippen molar-refractivity contribution in [2.45, 2.75) is 44.7 Å². The van der Waals surface area contributed by atoms with Crippen molar-refractivity contribution >= 4 is 27.5 Å². The van der Waals surface area contributed by atoms with Crippen molar-refractivity contribution in [3.05, 3.63) is 125 Å². The Kier molecular flexibility index (Phi) is 11.0. The van der Waals surface area contributed by atoms with Crippen LogP contribution in [-0.4, -0.2) is 51.4 Å². The van der Waals surface area contributed by atoms with Gasteiger partial charge >= 0.3 is 0 Å². The number of halogens is 1. The van der Waals surface area contributed by atoms with Crippen LogP contribution >= 0.6 is 0 Å². The molecule has 2 amide bonds. The van der Waals surface area contributed by atoms with Gasteiger partial charge < -0.3 is 15.0 Å². The van der Waals surface area contributed by atoms with Gasteiger partial charge in [0.05, 0.1) is 17.7 Å². The Morgan fingerprint density at radius 3 is 2.13 bits per heavy atom. The highest BCUT2D eigenvalue weighted by Crippen LogP contribution is 2.34. The van der Waals surface area contributed by atoms with Crippen molar-refractivity contribution in [1.29, 1.82) is 0 Å². The van der Waals surface area contributed by atoms with Crippen molar-refractivity contribution in [2.24, 2.45) is 0 Å². The molecule has 0 fully saturated rings. The SMILES string of the molecule is CCNC(=O)[C@@H](Cc1ccccc1)N(Cc1ccc(F)cc1)C(=O)CN(c1cc(C)ccc1OC)S(=O)(=O)c1ccc(C)cc1. The second-order valence-corrected chi connectivity index (χ2v) is 12.6. The van der Waals surface area contributed by atoms with Crippen molar-refractivity contribution in [2.75, 3.05) is 24.5 Å². The molecule has 4 aromatic carbocycles. The number of aryl methyl sites for hydroxylation is 2. The molecular formula is C35H38FN3O5S. The number of carbonyl (C=O) groups is 2. The molecule has 0 saturated heterocycles.